The Labute approximate surface area is 131 Å². The van der Waals surface area contributed by atoms with Crippen molar-refractivity contribution in [1.29, 1.82) is 0 Å². The van der Waals surface area contributed by atoms with Gasteiger partial charge in [-0.15, -0.1) is 24.2 Å². The summed E-state index contributed by atoms with van der Waals surface area (Å²) in [6.07, 6.45) is 2.04. The van der Waals surface area contributed by atoms with E-state index in [0.717, 1.165) is 25.3 Å². The molecule has 0 aliphatic carbocycles. The predicted octanol–water partition coefficient (Wildman–Crippen LogP) is 2.06. The van der Waals surface area contributed by atoms with Gasteiger partial charge in [0.05, 0.1) is 6.54 Å². The smallest absolute Gasteiger partial charge is 0.238 e. The minimum Gasteiger partial charge on any atom is -0.325 e. The van der Waals surface area contributed by atoms with Gasteiger partial charge in [-0.05, 0) is 37.4 Å². The Morgan fingerprint density at radius 1 is 1.45 bits per heavy atom. The molecular formula is C14H22ClN3OS. The van der Waals surface area contributed by atoms with Crippen LogP contribution < -0.4 is 10.6 Å². The van der Waals surface area contributed by atoms with Crippen LogP contribution >= 0.6 is 24.2 Å². The van der Waals surface area contributed by atoms with Gasteiger partial charge in [0, 0.05) is 36.3 Å². The average molecular weight is 316 g/mol. The summed E-state index contributed by atoms with van der Waals surface area (Å²) in [5.41, 5.74) is 0.866. The molecular weight excluding hydrogens is 294 g/mol. The van der Waals surface area contributed by atoms with Crippen LogP contribution in [0, 0.1) is 0 Å². The molecule has 1 fully saturated rings. The molecule has 2 N–H and O–H groups in total. The van der Waals surface area contributed by atoms with Crippen molar-refractivity contribution in [3.8, 4) is 0 Å². The van der Waals surface area contributed by atoms with Crippen LogP contribution in [0.3, 0.4) is 0 Å². The summed E-state index contributed by atoms with van der Waals surface area (Å²) < 4.78 is 0. The Hall–Kier alpha value is -0.750. The van der Waals surface area contributed by atoms with Gasteiger partial charge < -0.3 is 10.6 Å². The molecule has 0 unspecified atom stereocenters. The number of nitrogens with one attached hydrogen (secondary N) is 2. The van der Waals surface area contributed by atoms with Gasteiger partial charge >= 0.3 is 0 Å². The van der Waals surface area contributed by atoms with Crippen molar-refractivity contribution < 1.29 is 4.79 Å². The van der Waals surface area contributed by atoms with E-state index in [0.29, 0.717) is 12.6 Å². The standard InChI is InChI=1S/C14H21N3OS.ClH/c1-11-9-15-7-8-17(11)10-14(18)16-12-3-5-13(19-2)6-4-12;/h3-6,11,15H,7-10H2,1-2H3,(H,16,18);1H/t11-;/m0./s1. The molecule has 0 bridgehead atoms. The van der Waals surface area contributed by atoms with Crippen molar-refractivity contribution in [3.05, 3.63) is 24.3 Å². The van der Waals surface area contributed by atoms with Gasteiger partial charge in [0.1, 0.15) is 0 Å². The van der Waals surface area contributed by atoms with Crippen molar-refractivity contribution >= 4 is 35.8 Å². The number of thioether (sulfide) groups is 1. The first-order valence-electron chi connectivity index (χ1n) is 6.57. The lowest BCUT2D eigenvalue weighted by molar-refractivity contribution is -0.118. The Balaban J connectivity index is 0.00000200. The molecule has 1 heterocycles. The molecule has 4 nitrogen and oxygen atoms in total. The van der Waals surface area contributed by atoms with E-state index in [1.54, 1.807) is 11.8 Å². The Bertz CT molecular complexity index is 427. The van der Waals surface area contributed by atoms with E-state index in [4.69, 9.17) is 0 Å². The second kappa shape index (κ2) is 8.52. The number of benzene rings is 1. The number of anilines is 1. The number of carbonyl (C=O) groups is 1. The molecule has 0 spiro atoms. The zero-order valence-electron chi connectivity index (χ0n) is 11.9. The van der Waals surface area contributed by atoms with Crippen LogP contribution in [0.1, 0.15) is 6.92 Å². The largest absolute Gasteiger partial charge is 0.325 e. The minimum atomic E-state index is 0. The Kier molecular flexibility index (Phi) is 7.37. The molecule has 0 saturated carbocycles. The fourth-order valence-electron chi connectivity index (χ4n) is 2.18. The van der Waals surface area contributed by atoms with E-state index in [-0.39, 0.29) is 18.3 Å². The highest BCUT2D eigenvalue weighted by molar-refractivity contribution is 7.98. The normalized spacial score (nSPS) is 19.2. The first-order valence-corrected chi connectivity index (χ1v) is 7.80. The van der Waals surface area contributed by atoms with Crippen LogP contribution in [0.5, 0.6) is 0 Å². The van der Waals surface area contributed by atoms with E-state index in [2.05, 4.69) is 22.5 Å². The van der Waals surface area contributed by atoms with Gasteiger partial charge in [0.15, 0.2) is 0 Å². The van der Waals surface area contributed by atoms with E-state index >= 15 is 0 Å². The summed E-state index contributed by atoms with van der Waals surface area (Å²) >= 11 is 1.70. The maximum Gasteiger partial charge on any atom is 0.238 e. The number of amides is 1. The van der Waals surface area contributed by atoms with Gasteiger partial charge in [-0.2, -0.15) is 0 Å². The summed E-state index contributed by atoms with van der Waals surface area (Å²) in [5, 5.41) is 6.28. The summed E-state index contributed by atoms with van der Waals surface area (Å²) in [7, 11) is 0. The Morgan fingerprint density at radius 2 is 2.15 bits per heavy atom. The van der Waals surface area contributed by atoms with Crippen molar-refractivity contribution in [2.24, 2.45) is 0 Å². The lowest BCUT2D eigenvalue weighted by Gasteiger charge is -2.33. The maximum absolute atomic E-state index is 12.0. The molecule has 6 heteroatoms. The van der Waals surface area contributed by atoms with Crippen molar-refractivity contribution in [2.75, 3.05) is 37.8 Å². The van der Waals surface area contributed by atoms with Crippen molar-refractivity contribution in [1.82, 2.24) is 10.2 Å². The molecule has 0 aromatic heterocycles. The van der Waals surface area contributed by atoms with Crippen LogP contribution in [-0.2, 0) is 4.79 Å². The van der Waals surface area contributed by atoms with Crippen LogP contribution in [0.2, 0.25) is 0 Å². The molecule has 1 aromatic rings. The second-order valence-electron chi connectivity index (χ2n) is 4.80. The lowest BCUT2D eigenvalue weighted by Crippen LogP contribution is -2.51. The molecule has 20 heavy (non-hydrogen) atoms. The average Bonchev–Trinajstić information content (AvgIpc) is 2.42. The first-order chi connectivity index (χ1) is 9.19. The van der Waals surface area contributed by atoms with E-state index in [9.17, 15) is 4.79 Å². The van der Waals surface area contributed by atoms with Crippen molar-refractivity contribution in [2.45, 2.75) is 17.9 Å². The van der Waals surface area contributed by atoms with Crippen LogP contribution in [0.4, 0.5) is 5.69 Å². The summed E-state index contributed by atoms with van der Waals surface area (Å²) in [6, 6.07) is 8.36. The number of rotatable bonds is 4. The van der Waals surface area contributed by atoms with Gasteiger partial charge in [-0.3, -0.25) is 9.69 Å². The zero-order valence-corrected chi connectivity index (χ0v) is 13.5. The van der Waals surface area contributed by atoms with Crippen LogP contribution in [0.15, 0.2) is 29.2 Å². The number of carbonyl (C=O) groups excluding carboxylic acids is 1. The number of nitrogens with zero attached hydrogens (tertiary/aromatic N) is 1. The van der Waals surface area contributed by atoms with E-state index < -0.39 is 0 Å². The molecule has 1 aromatic carbocycles. The third-order valence-electron chi connectivity index (χ3n) is 3.36. The summed E-state index contributed by atoms with van der Waals surface area (Å²) in [6.45, 7) is 5.45. The molecule has 0 radical (unpaired) electrons. The summed E-state index contributed by atoms with van der Waals surface area (Å²) in [5.74, 6) is 0.0608. The fourth-order valence-corrected chi connectivity index (χ4v) is 2.59. The quantitative estimate of drug-likeness (QED) is 0.835. The second-order valence-corrected chi connectivity index (χ2v) is 5.68. The zero-order chi connectivity index (χ0) is 13.7. The summed E-state index contributed by atoms with van der Waals surface area (Å²) in [4.78, 5) is 15.4. The van der Waals surface area contributed by atoms with Gasteiger partial charge in [-0.25, -0.2) is 0 Å². The SMILES string of the molecule is CSc1ccc(NC(=O)CN2CCNC[C@@H]2C)cc1.Cl. The highest BCUT2D eigenvalue weighted by Gasteiger charge is 2.20. The lowest BCUT2D eigenvalue weighted by atomic mass is 10.2. The highest BCUT2D eigenvalue weighted by Crippen LogP contribution is 2.17. The van der Waals surface area contributed by atoms with Crippen molar-refractivity contribution in [3.63, 3.8) is 0 Å². The number of piperazine rings is 1. The molecule has 1 aliphatic heterocycles. The topological polar surface area (TPSA) is 44.4 Å². The number of hydrogen-bond acceptors (Lipinski definition) is 4. The fraction of sp³-hybridized carbons (Fsp3) is 0.500. The molecule has 2 rings (SSSR count). The van der Waals surface area contributed by atoms with Crippen LogP contribution in [0.25, 0.3) is 0 Å². The number of hydrogen-bond donors (Lipinski definition) is 2. The molecule has 1 saturated heterocycles. The molecule has 112 valence electrons. The third kappa shape index (κ3) is 4.98. The predicted molar refractivity (Wildman–Crippen MR) is 88.0 cm³/mol. The van der Waals surface area contributed by atoms with Gasteiger partial charge in [0.25, 0.3) is 0 Å². The van der Waals surface area contributed by atoms with Gasteiger partial charge in [0.2, 0.25) is 5.91 Å². The molecule has 1 aliphatic rings. The molecule has 1 atom stereocenters. The van der Waals surface area contributed by atoms with E-state index in [1.165, 1.54) is 4.90 Å². The highest BCUT2D eigenvalue weighted by atomic mass is 35.5. The first kappa shape index (κ1) is 17.3. The minimum absolute atomic E-state index is 0. The number of halogens is 1. The maximum atomic E-state index is 12.0. The van der Waals surface area contributed by atoms with Gasteiger partial charge in [-0.1, -0.05) is 0 Å². The Morgan fingerprint density at radius 3 is 2.75 bits per heavy atom. The van der Waals surface area contributed by atoms with Crippen LogP contribution in [-0.4, -0.2) is 49.3 Å². The third-order valence-corrected chi connectivity index (χ3v) is 4.10. The monoisotopic (exact) mass is 315 g/mol. The molecule has 1 amide bonds. The van der Waals surface area contributed by atoms with E-state index in [1.807, 2.05) is 30.5 Å².